The Morgan fingerprint density at radius 2 is 1.95 bits per heavy atom. The minimum Gasteiger partial charge on any atom is -0.379 e. The van der Waals surface area contributed by atoms with Crippen LogP contribution in [0.1, 0.15) is 40.5 Å². The molecule has 0 aliphatic rings. The SMILES string of the molecule is CCN(CCCNC(C)CC(C)(C)OC)S(C)(=O)=O. The number of nitrogens with zero attached hydrogens (tertiary/aromatic N) is 1. The molecule has 0 bridgehead atoms. The van der Waals surface area contributed by atoms with Gasteiger partial charge in [-0.2, -0.15) is 0 Å². The van der Waals surface area contributed by atoms with E-state index in [1.54, 1.807) is 7.11 Å². The molecule has 1 atom stereocenters. The highest BCUT2D eigenvalue weighted by atomic mass is 32.2. The van der Waals surface area contributed by atoms with Gasteiger partial charge in [0.2, 0.25) is 10.0 Å². The van der Waals surface area contributed by atoms with Crippen molar-refractivity contribution in [2.75, 3.05) is 33.0 Å². The van der Waals surface area contributed by atoms with Gasteiger partial charge in [0.05, 0.1) is 11.9 Å². The van der Waals surface area contributed by atoms with Gasteiger partial charge >= 0.3 is 0 Å². The molecule has 0 aromatic carbocycles. The molecule has 0 radical (unpaired) electrons. The summed E-state index contributed by atoms with van der Waals surface area (Å²) in [4.78, 5) is 0. The summed E-state index contributed by atoms with van der Waals surface area (Å²) < 4.78 is 29.7. The summed E-state index contributed by atoms with van der Waals surface area (Å²) in [5.74, 6) is 0. The topological polar surface area (TPSA) is 58.6 Å². The van der Waals surface area contributed by atoms with Crippen molar-refractivity contribution in [1.29, 1.82) is 0 Å². The van der Waals surface area contributed by atoms with Crippen LogP contribution in [-0.4, -0.2) is 57.4 Å². The van der Waals surface area contributed by atoms with E-state index in [-0.39, 0.29) is 5.60 Å². The van der Waals surface area contributed by atoms with Gasteiger partial charge in [0.15, 0.2) is 0 Å². The first kappa shape index (κ1) is 18.8. The van der Waals surface area contributed by atoms with Crippen LogP contribution in [0.4, 0.5) is 0 Å². The van der Waals surface area contributed by atoms with Gasteiger partial charge in [-0.1, -0.05) is 6.92 Å². The number of hydrogen-bond acceptors (Lipinski definition) is 4. The quantitative estimate of drug-likeness (QED) is 0.620. The Morgan fingerprint density at radius 3 is 2.37 bits per heavy atom. The summed E-state index contributed by atoms with van der Waals surface area (Å²) >= 11 is 0. The van der Waals surface area contributed by atoms with Crippen LogP contribution in [0.2, 0.25) is 0 Å². The van der Waals surface area contributed by atoms with Gasteiger partial charge in [-0.15, -0.1) is 0 Å². The molecule has 0 aromatic rings. The van der Waals surface area contributed by atoms with E-state index >= 15 is 0 Å². The lowest BCUT2D eigenvalue weighted by Gasteiger charge is -2.27. The van der Waals surface area contributed by atoms with Crippen LogP contribution in [0.3, 0.4) is 0 Å². The molecule has 0 aliphatic heterocycles. The highest BCUT2D eigenvalue weighted by Gasteiger charge is 2.20. The van der Waals surface area contributed by atoms with E-state index in [0.29, 0.717) is 19.1 Å². The molecule has 6 heteroatoms. The number of hydrogen-bond donors (Lipinski definition) is 1. The zero-order valence-corrected chi connectivity index (χ0v) is 14.0. The second-order valence-corrected chi connectivity index (χ2v) is 7.61. The number of sulfonamides is 1. The fraction of sp³-hybridized carbons (Fsp3) is 1.00. The van der Waals surface area contributed by atoms with E-state index in [2.05, 4.69) is 26.1 Å². The van der Waals surface area contributed by atoms with Crippen molar-refractivity contribution < 1.29 is 13.2 Å². The number of methoxy groups -OCH3 is 1. The maximum absolute atomic E-state index is 11.4. The first-order valence-electron chi connectivity index (χ1n) is 6.86. The Balaban J connectivity index is 3.92. The molecule has 0 spiro atoms. The normalized spacial score (nSPS) is 14.9. The minimum absolute atomic E-state index is 0.130. The monoisotopic (exact) mass is 294 g/mol. The van der Waals surface area contributed by atoms with Crippen molar-refractivity contribution in [3.8, 4) is 0 Å². The van der Waals surface area contributed by atoms with Gasteiger partial charge in [-0.05, 0) is 40.2 Å². The molecule has 0 aromatic heterocycles. The van der Waals surface area contributed by atoms with Gasteiger partial charge < -0.3 is 10.1 Å². The lowest BCUT2D eigenvalue weighted by Crippen LogP contribution is -2.37. The van der Waals surface area contributed by atoms with Crippen molar-refractivity contribution in [3.63, 3.8) is 0 Å². The van der Waals surface area contributed by atoms with Crippen molar-refractivity contribution in [2.45, 2.75) is 52.2 Å². The van der Waals surface area contributed by atoms with Crippen LogP contribution in [0.15, 0.2) is 0 Å². The molecule has 0 aliphatic carbocycles. The van der Waals surface area contributed by atoms with Crippen molar-refractivity contribution in [2.24, 2.45) is 0 Å². The second-order valence-electron chi connectivity index (χ2n) is 5.63. The Hall–Kier alpha value is -0.170. The predicted octanol–water partition coefficient (Wildman–Crippen LogP) is 1.45. The smallest absolute Gasteiger partial charge is 0.211 e. The van der Waals surface area contributed by atoms with E-state index < -0.39 is 10.0 Å². The Bertz CT molecular complexity index is 342. The summed E-state index contributed by atoms with van der Waals surface area (Å²) in [5.41, 5.74) is -0.130. The summed E-state index contributed by atoms with van der Waals surface area (Å²) in [6.45, 7) is 10.0. The minimum atomic E-state index is -3.06. The van der Waals surface area contributed by atoms with Crippen molar-refractivity contribution >= 4 is 10.0 Å². The van der Waals surface area contributed by atoms with Gasteiger partial charge in [0.1, 0.15) is 0 Å². The van der Waals surface area contributed by atoms with Crippen molar-refractivity contribution in [1.82, 2.24) is 9.62 Å². The molecular weight excluding hydrogens is 264 g/mol. The number of rotatable bonds is 10. The van der Waals surface area contributed by atoms with E-state index in [1.807, 2.05) is 6.92 Å². The molecule has 0 saturated heterocycles. The zero-order valence-electron chi connectivity index (χ0n) is 13.2. The van der Waals surface area contributed by atoms with Gasteiger partial charge in [0, 0.05) is 26.2 Å². The highest BCUT2D eigenvalue weighted by molar-refractivity contribution is 7.88. The van der Waals surface area contributed by atoms with Crippen LogP contribution in [0, 0.1) is 0 Å². The first-order valence-corrected chi connectivity index (χ1v) is 8.71. The third kappa shape index (κ3) is 8.57. The molecule has 5 nitrogen and oxygen atoms in total. The molecule has 0 saturated carbocycles. The number of ether oxygens (including phenoxy) is 1. The summed E-state index contributed by atoms with van der Waals surface area (Å²) in [5, 5.41) is 3.40. The molecule has 1 N–H and O–H groups in total. The summed E-state index contributed by atoms with van der Waals surface area (Å²) in [7, 11) is -1.34. The lowest BCUT2D eigenvalue weighted by molar-refractivity contribution is 0.00859. The van der Waals surface area contributed by atoms with Crippen LogP contribution in [0.25, 0.3) is 0 Å². The average Bonchev–Trinajstić information content (AvgIpc) is 2.26. The third-order valence-corrected chi connectivity index (χ3v) is 4.63. The van der Waals surface area contributed by atoms with Crippen LogP contribution < -0.4 is 5.32 Å². The van der Waals surface area contributed by atoms with Crippen LogP contribution in [0.5, 0.6) is 0 Å². The van der Waals surface area contributed by atoms with Gasteiger partial charge in [0.25, 0.3) is 0 Å². The lowest BCUT2D eigenvalue weighted by atomic mass is 10.00. The summed E-state index contributed by atoms with van der Waals surface area (Å²) in [6, 6.07) is 0.350. The van der Waals surface area contributed by atoms with E-state index in [4.69, 9.17) is 4.74 Å². The van der Waals surface area contributed by atoms with Crippen LogP contribution in [-0.2, 0) is 14.8 Å². The largest absolute Gasteiger partial charge is 0.379 e. The molecule has 19 heavy (non-hydrogen) atoms. The second kappa shape index (κ2) is 8.19. The fourth-order valence-electron chi connectivity index (χ4n) is 2.06. The molecule has 0 fully saturated rings. The average molecular weight is 294 g/mol. The predicted molar refractivity (Wildman–Crippen MR) is 79.9 cm³/mol. The third-order valence-electron chi connectivity index (χ3n) is 3.25. The van der Waals surface area contributed by atoms with Gasteiger partial charge in [-0.3, -0.25) is 0 Å². The van der Waals surface area contributed by atoms with E-state index in [1.165, 1.54) is 10.6 Å². The Morgan fingerprint density at radius 1 is 1.37 bits per heavy atom. The van der Waals surface area contributed by atoms with Crippen LogP contribution >= 0.6 is 0 Å². The first-order chi connectivity index (χ1) is 8.62. The van der Waals surface area contributed by atoms with Gasteiger partial charge in [-0.25, -0.2) is 12.7 Å². The van der Waals surface area contributed by atoms with E-state index in [0.717, 1.165) is 19.4 Å². The number of nitrogens with one attached hydrogen (secondary N) is 1. The van der Waals surface area contributed by atoms with Crippen molar-refractivity contribution in [3.05, 3.63) is 0 Å². The molecular formula is C13H30N2O3S. The summed E-state index contributed by atoms with van der Waals surface area (Å²) in [6.07, 6.45) is 3.00. The van der Waals surface area contributed by atoms with E-state index in [9.17, 15) is 8.42 Å². The Labute approximate surface area is 118 Å². The molecule has 1 unspecified atom stereocenters. The standard InChI is InChI=1S/C13H30N2O3S/c1-7-15(19(6,16)17)10-8-9-14-12(2)11-13(3,4)18-5/h12,14H,7-11H2,1-6H3. The fourth-order valence-corrected chi connectivity index (χ4v) is 2.98. The maximum atomic E-state index is 11.4. The molecule has 0 heterocycles. The highest BCUT2D eigenvalue weighted by Crippen LogP contribution is 2.15. The molecule has 0 amide bonds. The zero-order chi connectivity index (χ0) is 15.1. The molecule has 116 valence electrons. The maximum Gasteiger partial charge on any atom is 0.211 e. The molecule has 0 rings (SSSR count). The Kier molecular flexibility index (Phi) is 8.12.